The maximum atomic E-state index is 12.2. The lowest BCUT2D eigenvalue weighted by molar-refractivity contribution is -0.497. The zero-order chi connectivity index (χ0) is 16.6. The van der Waals surface area contributed by atoms with Crippen molar-refractivity contribution < 1.29 is 14.5 Å². The van der Waals surface area contributed by atoms with Gasteiger partial charge < -0.3 is 14.5 Å². The summed E-state index contributed by atoms with van der Waals surface area (Å²) in [6.07, 6.45) is 0.220. The summed E-state index contributed by atoms with van der Waals surface area (Å²) >= 11 is 0. The predicted molar refractivity (Wildman–Crippen MR) is 85.3 cm³/mol. The van der Waals surface area contributed by atoms with Crippen LogP contribution in [-0.2, 0) is 4.79 Å². The number of carbonyl (C=O) groups is 1. The average molecular weight is 319 g/mol. The summed E-state index contributed by atoms with van der Waals surface area (Å²) in [4.78, 5) is 26.4. The molecular formula is C16H21N3O4. The van der Waals surface area contributed by atoms with E-state index in [1.165, 1.54) is 0 Å². The van der Waals surface area contributed by atoms with Crippen molar-refractivity contribution in [2.24, 2.45) is 5.92 Å². The number of para-hydroxylation sites is 2. The summed E-state index contributed by atoms with van der Waals surface area (Å²) < 4.78 is 5.99. The van der Waals surface area contributed by atoms with Crippen LogP contribution in [0, 0.1) is 16.0 Å². The van der Waals surface area contributed by atoms with Crippen molar-refractivity contribution in [2.45, 2.75) is 25.5 Å². The van der Waals surface area contributed by atoms with Crippen LogP contribution >= 0.6 is 0 Å². The highest BCUT2D eigenvalue weighted by Crippen LogP contribution is 2.35. The van der Waals surface area contributed by atoms with Crippen molar-refractivity contribution in [3.05, 3.63) is 34.4 Å². The van der Waals surface area contributed by atoms with E-state index in [2.05, 4.69) is 11.8 Å². The number of benzene rings is 1. The van der Waals surface area contributed by atoms with E-state index in [9.17, 15) is 14.9 Å². The molecule has 1 aromatic rings. The summed E-state index contributed by atoms with van der Waals surface area (Å²) in [5.74, 6) is 0.200. The maximum Gasteiger partial charge on any atom is 0.232 e. The maximum absolute atomic E-state index is 12.2. The molecule has 0 spiro atoms. The minimum atomic E-state index is -0.704. The molecule has 0 bridgehead atoms. The fraction of sp³-hybridized carbons (Fsp3) is 0.562. The van der Waals surface area contributed by atoms with Crippen LogP contribution in [0.5, 0.6) is 5.75 Å². The summed E-state index contributed by atoms with van der Waals surface area (Å²) in [5, 5.41) is 10.7. The number of ether oxygens (including phenoxy) is 1. The Morgan fingerprint density at radius 1 is 1.48 bits per heavy atom. The normalized spacial score (nSPS) is 25.3. The molecule has 0 N–H and O–H groups in total. The van der Waals surface area contributed by atoms with Crippen LogP contribution < -0.4 is 9.64 Å². The van der Waals surface area contributed by atoms with Gasteiger partial charge in [0.1, 0.15) is 17.8 Å². The number of carbonyl (C=O) groups excluding carboxylic acids is 1. The minimum absolute atomic E-state index is 0.133. The second-order valence-corrected chi connectivity index (χ2v) is 6.16. The summed E-state index contributed by atoms with van der Waals surface area (Å²) in [5.41, 5.74) is 1.07. The van der Waals surface area contributed by atoms with Crippen molar-refractivity contribution >= 4 is 11.6 Å². The number of hydrogen-bond donors (Lipinski definition) is 0. The zero-order valence-electron chi connectivity index (χ0n) is 13.3. The Bertz CT molecular complexity index is 621. The Kier molecular flexibility index (Phi) is 4.11. The molecule has 23 heavy (non-hydrogen) atoms. The lowest BCUT2D eigenvalue weighted by Gasteiger charge is -2.37. The molecule has 7 heteroatoms. The molecule has 0 saturated heterocycles. The van der Waals surface area contributed by atoms with Gasteiger partial charge in [-0.3, -0.25) is 14.9 Å². The van der Waals surface area contributed by atoms with Crippen molar-refractivity contribution in [2.75, 3.05) is 31.6 Å². The molecule has 3 atom stereocenters. The van der Waals surface area contributed by atoms with Gasteiger partial charge in [-0.05, 0) is 19.1 Å². The van der Waals surface area contributed by atoms with Gasteiger partial charge >= 0.3 is 0 Å². The SMILES string of the molecule is CCN1C[C@H](CN(C)C(=O)[C@H]2C[C@@H]2[N+](=O)[O-])Oc2ccccc21. The molecule has 1 aliphatic heterocycles. The third-order valence-electron chi connectivity index (χ3n) is 4.50. The van der Waals surface area contributed by atoms with Gasteiger partial charge in [-0.2, -0.15) is 0 Å². The van der Waals surface area contributed by atoms with Gasteiger partial charge in [0, 0.05) is 24.9 Å². The van der Waals surface area contributed by atoms with E-state index >= 15 is 0 Å². The van der Waals surface area contributed by atoms with Gasteiger partial charge in [-0.15, -0.1) is 0 Å². The minimum Gasteiger partial charge on any atom is -0.485 e. The highest BCUT2D eigenvalue weighted by molar-refractivity contribution is 5.82. The summed E-state index contributed by atoms with van der Waals surface area (Å²) in [6.45, 7) is 4.08. The van der Waals surface area contributed by atoms with E-state index in [0.717, 1.165) is 18.0 Å². The van der Waals surface area contributed by atoms with E-state index in [0.29, 0.717) is 19.5 Å². The van der Waals surface area contributed by atoms with Crippen LogP contribution in [-0.4, -0.2) is 54.6 Å². The Morgan fingerprint density at radius 3 is 2.87 bits per heavy atom. The van der Waals surface area contributed by atoms with E-state index in [1.54, 1.807) is 11.9 Å². The largest absolute Gasteiger partial charge is 0.485 e. The molecule has 1 heterocycles. The fourth-order valence-electron chi connectivity index (χ4n) is 3.13. The Morgan fingerprint density at radius 2 is 2.22 bits per heavy atom. The van der Waals surface area contributed by atoms with Crippen LogP contribution in [0.4, 0.5) is 5.69 Å². The molecule has 1 aliphatic carbocycles. The van der Waals surface area contributed by atoms with Crippen LogP contribution in [0.2, 0.25) is 0 Å². The number of amides is 1. The fourth-order valence-corrected chi connectivity index (χ4v) is 3.13. The van der Waals surface area contributed by atoms with Crippen molar-refractivity contribution in [3.63, 3.8) is 0 Å². The number of hydrogen-bond acceptors (Lipinski definition) is 5. The molecule has 1 fully saturated rings. The first-order valence-corrected chi connectivity index (χ1v) is 7.90. The molecule has 124 valence electrons. The number of anilines is 1. The molecule has 0 aromatic heterocycles. The molecule has 0 radical (unpaired) electrons. The van der Waals surface area contributed by atoms with Crippen LogP contribution in [0.15, 0.2) is 24.3 Å². The van der Waals surface area contributed by atoms with Crippen molar-refractivity contribution in [1.29, 1.82) is 0 Å². The Labute approximate surface area is 135 Å². The van der Waals surface area contributed by atoms with E-state index < -0.39 is 12.0 Å². The quantitative estimate of drug-likeness (QED) is 0.606. The van der Waals surface area contributed by atoms with Gasteiger partial charge in [0.15, 0.2) is 0 Å². The van der Waals surface area contributed by atoms with Crippen LogP contribution in [0.1, 0.15) is 13.3 Å². The van der Waals surface area contributed by atoms with Gasteiger partial charge in [-0.1, -0.05) is 12.1 Å². The van der Waals surface area contributed by atoms with E-state index in [4.69, 9.17) is 4.74 Å². The molecule has 1 aromatic carbocycles. The zero-order valence-corrected chi connectivity index (χ0v) is 13.3. The number of nitro groups is 1. The first kappa shape index (κ1) is 15.6. The number of rotatable bonds is 5. The van der Waals surface area contributed by atoms with Crippen LogP contribution in [0.3, 0.4) is 0 Å². The number of fused-ring (bicyclic) bond motifs is 1. The lowest BCUT2D eigenvalue weighted by atomic mass is 10.1. The van der Waals surface area contributed by atoms with Gasteiger partial charge in [0.25, 0.3) is 0 Å². The van der Waals surface area contributed by atoms with Crippen molar-refractivity contribution in [1.82, 2.24) is 4.90 Å². The van der Waals surface area contributed by atoms with Gasteiger partial charge in [-0.25, -0.2) is 0 Å². The van der Waals surface area contributed by atoms with Gasteiger partial charge in [0.05, 0.1) is 18.8 Å². The average Bonchev–Trinajstić information content (AvgIpc) is 3.34. The summed E-state index contributed by atoms with van der Waals surface area (Å²) in [6, 6.07) is 7.15. The Hall–Kier alpha value is -2.31. The highest BCUT2D eigenvalue weighted by atomic mass is 16.6. The second kappa shape index (κ2) is 6.06. The lowest BCUT2D eigenvalue weighted by Crippen LogP contribution is -2.47. The molecular weight excluding hydrogens is 298 g/mol. The molecule has 3 rings (SSSR count). The molecule has 1 saturated carbocycles. The van der Waals surface area contributed by atoms with E-state index in [1.807, 2.05) is 24.3 Å². The highest BCUT2D eigenvalue weighted by Gasteiger charge is 2.54. The number of nitrogens with zero attached hydrogens (tertiary/aromatic N) is 3. The van der Waals surface area contributed by atoms with Crippen LogP contribution in [0.25, 0.3) is 0 Å². The monoisotopic (exact) mass is 319 g/mol. The first-order valence-electron chi connectivity index (χ1n) is 7.90. The predicted octanol–water partition coefficient (Wildman–Crippen LogP) is 1.40. The number of likely N-dealkylation sites (N-methyl/N-ethyl adjacent to an activating group) is 2. The first-order chi connectivity index (χ1) is 11.0. The third-order valence-corrected chi connectivity index (χ3v) is 4.50. The Balaban J connectivity index is 1.63. The smallest absolute Gasteiger partial charge is 0.232 e. The molecule has 1 amide bonds. The van der Waals surface area contributed by atoms with Crippen molar-refractivity contribution in [3.8, 4) is 5.75 Å². The summed E-state index contributed by atoms with van der Waals surface area (Å²) in [7, 11) is 1.69. The van der Waals surface area contributed by atoms with E-state index in [-0.39, 0.29) is 16.9 Å². The molecule has 7 nitrogen and oxygen atoms in total. The van der Waals surface area contributed by atoms with Gasteiger partial charge in [0.2, 0.25) is 11.9 Å². The topological polar surface area (TPSA) is 75.9 Å². The molecule has 2 aliphatic rings. The second-order valence-electron chi connectivity index (χ2n) is 6.16. The third kappa shape index (κ3) is 3.09. The molecule has 0 unspecified atom stereocenters. The standard InChI is InChI=1S/C16H21N3O4/c1-3-18-10-11(23-15-7-5-4-6-13(15)18)9-17(2)16(20)12-8-14(12)19(21)22/h4-7,11-12,14H,3,8-10H2,1-2H3/t11-,12-,14-/m0/s1.